The fourth-order valence-electron chi connectivity index (χ4n) is 4.20. The normalized spacial score (nSPS) is 11.2. The van der Waals surface area contributed by atoms with E-state index in [4.69, 9.17) is 4.98 Å². The van der Waals surface area contributed by atoms with Crippen LogP contribution in [0.25, 0.3) is 22.5 Å². The molecule has 0 radical (unpaired) electrons. The van der Waals surface area contributed by atoms with Gasteiger partial charge in [-0.2, -0.15) is 5.21 Å². The maximum atomic E-state index is 13.2. The highest BCUT2D eigenvalue weighted by Crippen LogP contribution is 2.29. The van der Waals surface area contributed by atoms with Crippen LogP contribution in [0.15, 0.2) is 47.4 Å². The molecule has 0 saturated carbocycles. The highest BCUT2D eigenvalue weighted by Gasteiger charge is 2.17. The summed E-state index contributed by atoms with van der Waals surface area (Å²) in [5.41, 5.74) is 6.00. The van der Waals surface area contributed by atoms with E-state index < -0.39 is 0 Å². The van der Waals surface area contributed by atoms with Gasteiger partial charge in [0.25, 0.3) is 0 Å². The van der Waals surface area contributed by atoms with Crippen molar-refractivity contribution in [3.05, 3.63) is 70.2 Å². The number of rotatable bonds is 10. The van der Waals surface area contributed by atoms with Crippen molar-refractivity contribution in [1.29, 1.82) is 0 Å². The van der Waals surface area contributed by atoms with Crippen LogP contribution in [0, 0.1) is 6.92 Å². The van der Waals surface area contributed by atoms with Gasteiger partial charge in [0.05, 0.1) is 12.2 Å². The minimum absolute atomic E-state index is 0.0698. The van der Waals surface area contributed by atoms with Crippen LogP contribution in [-0.2, 0) is 19.5 Å². The van der Waals surface area contributed by atoms with E-state index in [1.807, 2.05) is 51.7 Å². The molecule has 0 aliphatic rings. The molecule has 4 rings (SSSR count). The monoisotopic (exact) mass is 445 g/mol. The molecule has 0 bridgehead atoms. The number of nitrogens with one attached hydrogen (secondary N) is 1. The smallest absolute Gasteiger partial charge is 0.296 e. The maximum absolute atomic E-state index is 13.2. The van der Waals surface area contributed by atoms with E-state index >= 15 is 0 Å². The van der Waals surface area contributed by atoms with Gasteiger partial charge in [-0.25, -0.2) is 4.79 Å². The molecule has 0 amide bonds. The number of aromatic nitrogens is 7. The van der Waals surface area contributed by atoms with Crippen molar-refractivity contribution in [2.75, 3.05) is 0 Å². The molecule has 3 aromatic heterocycles. The first-order valence-corrected chi connectivity index (χ1v) is 11.7. The number of nitrogens with zero attached hydrogens (tertiary/aromatic N) is 6. The maximum Gasteiger partial charge on any atom is 0.328 e. The average molecular weight is 446 g/mol. The number of unbranched alkanes of at least 4 members (excludes halogenated alkanes) is 2. The van der Waals surface area contributed by atoms with Gasteiger partial charge in [-0.3, -0.25) is 14.1 Å². The summed E-state index contributed by atoms with van der Waals surface area (Å²) in [6.45, 7) is 7.65. The quantitative estimate of drug-likeness (QED) is 0.391. The Hall–Kier alpha value is -3.55. The number of H-pyrrole nitrogens is 1. The first kappa shape index (κ1) is 22.6. The minimum atomic E-state index is 0.0698. The van der Waals surface area contributed by atoms with Crippen LogP contribution in [0.2, 0.25) is 0 Å². The van der Waals surface area contributed by atoms with E-state index in [-0.39, 0.29) is 5.69 Å². The standard InChI is InChI=1S/C25H31N7O/c1-4-6-12-23-18(3)31(15-7-5-2)25(33)32(23)17-20-14-13-19(16-26-20)21-10-8-9-11-22(21)24-27-29-30-28-24/h8-11,13-14,16H,4-7,12,15,17H2,1-3H3,(H,27,28,29,30). The van der Waals surface area contributed by atoms with E-state index in [0.29, 0.717) is 12.4 Å². The average Bonchev–Trinajstić information content (AvgIpc) is 3.45. The Kier molecular flexibility index (Phi) is 7.12. The molecule has 3 heterocycles. The molecular weight excluding hydrogens is 414 g/mol. The Bertz CT molecular complexity index is 1240. The SMILES string of the molecule is CCCCc1c(C)n(CCCC)c(=O)n1Cc1ccc(-c2ccccc2-c2nn[nH]n2)cn1. The van der Waals surface area contributed by atoms with E-state index in [1.54, 1.807) is 0 Å². The van der Waals surface area contributed by atoms with Crippen molar-refractivity contribution >= 4 is 0 Å². The van der Waals surface area contributed by atoms with Gasteiger partial charge >= 0.3 is 5.69 Å². The first-order valence-electron chi connectivity index (χ1n) is 11.7. The third-order valence-electron chi connectivity index (χ3n) is 6.08. The second-order valence-corrected chi connectivity index (χ2v) is 8.33. The number of hydrogen-bond acceptors (Lipinski definition) is 5. The summed E-state index contributed by atoms with van der Waals surface area (Å²) in [5.74, 6) is 0.547. The van der Waals surface area contributed by atoms with Gasteiger partial charge in [0.15, 0.2) is 0 Å². The van der Waals surface area contributed by atoms with Gasteiger partial charge in [0.1, 0.15) is 0 Å². The number of benzene rings is 1. The molecule has 8 nitrogen and oxygen atoms in total. The Morgan fingerprint density at radius 2 is 1.76 bits per heavy atom. The Balaban J connectivity index is 1.64. The van der Waals surface area contributed by atoms with Crippen molar-refractivity contribution < 1.29 is 0 Å². The molecule has 0 unspecified atom stereocenters. The number of imidazole rings is 1. The highest BCUT2D eigenvalue weighted by molar-refractivity contribution is 5.79. The first-order chi connectivity index (χ1) is 16.1. The Labute approximate surface area is 193 Å². The third kappa shape index (κ3) is 4.79. The van der Waals surface area contributed by atoms with Crippen LogP contribution in [0.1, 0.15) is 56.6 Å². The minimum Gasteiger partial charge on any atom is -0.296 e. The molecule has 0 spiro atoms. The predicted molar refractivity (Wildman–Crippen MR) is 129 cm³/mol. The van der Waals surface area contributed by atoms with Crippen LogP contribution in [0.3, 0.4) is 0 Å². The molecule has 172 valence electrons. The summed E-state index contributed by atoms with van der Waals surface area (Å²) < 4.78 is 3.85. The van der Waals surface area contributed by atoms with Gasteiger partial charge in [0, 0.05) is 35.3 Å². The van der Waals surface area contributed by atoms with Crippen molar-refractivity contribution in [1.82, 2.24) is 34.7 Å². The fraction of sp³-hybridized carbons (Fsp3) is 0.400. The summed E-state index contributed by atoms with van der Waals surface area (Å²) >= 11 is 0. The summed E-state index contributed by atoms with van der Waals surface area (Å²) in [6.07, 6.45) is 7.00. The predicted octanol–water partition coefficient (Wildman–Crippen LogP) is 4.39. The van der Waals surface area contributed by atoms with Gasteiger partial charge in [-0.05, 0) is 43.0 Å². The lowest BCUT2D eigenvalue weighted by molar-refractivity contribution is 0.582. The molecule has 0 saturated heterocycles. The zero-order valence-electron chi connectivity index (χ0n) is 19.6. The van der Waals surface area contributed by atoms with Gasteiger partial charge < -0.3 is 0 Å². The second-order valence-electron chi connectivity index (χ2n) is 8.33. The van der Waals surface area contributed by atoms with Gasteiger partial charge in [-0.1, -0.05) is 57.0 Å². The third-order valence-corrected chi connectivity index (χ3v) is 6.08. The summed E-state index contributed by atoms with van der Waals surface area (Å²) in [7, 11) is 0. The Morgan fingerprint density at radius 3 is 2.42 bits per heavy atom. The number of aromatic amines is 1. The van der Waals surface area contributed by atoms with E-state index in [2.05, 4.69) is 41.4 Å². The topological polar surface area (TPSA) is 94.3 Å². The van der Waals surface area contributed by atoms with Crippen molar-refractivity contribution in [3.63, 3.8) is 0 Å². The molecule has 0 aliphatic heterocycles. The molecule has 33 heavy (non-hydrogen) atoms. The molecule has 4 aromatic rings. The lowest BCUT2D eigenvalue weighted by Crippen LogP contribution is -2.26. The zero-order valence-corrected chi connectivity index (χ0v) is 19.6. The highest BCUT2D eigenvalue weighted by atomic mass is 16.1. The lowest BCUT2D eigenvalue weighted by atomic mass is 10.0. The summed E-state index contributed by atoms with van der Waals surface area (Å²) in [4.78, 5) is 17.9. The van der Waals surface area contributed by atoms with E-state index in [0.717, 1.165) is 72.4 Å². The number of tetrazole rings is 1. The second kappa shape index (κ2) is 10.4. The largest absolute Gasteiger partial charge is 0.328 e. The zero-order chi connectivity index (χ0) is 23.2. The molecule has 1 aromatic carbocycles. The van der Waals surface area contributed by atoms with E-state index in [1.165, 1.54) is 0 Å². The summed E-state index contributed by atoms with van der Waals surface area (Å²) in [5, 5.41) is 14.4. The van der Waals surface area contributed by atoms with Crippen molar-refractivity contribution in [2.24, 2.45) is 0 Å². The van der Waals surface area contributed by atoms with Crippen LogP contribution < -0.4 is 5.69 Å². The van der Waals surface area contributed by atoms with Crippen LogP contribution >= 0.6 is 0 Å². The molecular formula is C25H31N7O. The van der Waals surface area contributed by atoms with Gasteiger partial charge in [-0.15, -0.1) is 10.2 Å². The van der Waals surface area contributed by atoms with Crippen molar-refractivity contribution in [3.8, 4) is 22.5 Å². The van der Waals surface area contributed by atoms with Crippen LogP contribution in [0.4, 0.5) is 0 Å². The molecule has 0 fully saturated rings. The van der Waals surface area contributed by atoms with Crippen molar-refractivity contribution in [2.45, 2.75) is 66.0 Å². The van der Waals surface area contributed by atoms with Gasteiger partial charge in [0.2, 0.25) is 5.82 Å². The number of hydrogen-bond donors (Lipinski definition) is 1. The summed E-state index contributed by atoms with van der Waals surface area (Å²) in [6, 6.07) is 12.0. The molecule has 0 atom stereocenters. The molecule has 1 N–H and O–H groups in total. The van der Waals surface area contributed by atoms with Crippen LogP contribution in [0.5, 0.6) is 0 Å². The Morgan fingerprint density at radius 1 is 0.970 bits per heavy atom. The van der Waals surface area contributed by atoms with Crippen LogP contribution in [-0.4, -0.2) is 34.7 Å². The number of pyridine rings is 1. The molecule has 0 aliphatic carbocycles. The molecule has 8 heteroatoms. The van der Waals surface area contributed by atoms with E-state index in [9.17, 15) is 4.79 Å². The lowest BCUT2D eigenvalue weighted by Gasteiger charge is -2.10. The fourth-order valence-corrected chi connectivity index (χ4v) is 4.20.